The zero-order valence-corrected chi connectivity index (χ0v) is 15.5. The number of hydrogen-bond donors (Lipinski definition) is 0. The fourth-order valence-electron chi connectivity index (χ4n) is 3.89. The van der Waals surface area contributed by atoms with Crippen LogP contribution < -0.4 is 4.74 Å². The predicted octanol–water partition coefficient (Wildman–Crippen LogP) is 3.23. The first-order chi connectivity index (χ1) is 13.3. The second-order valence-electron chi connectivity index (χ2n) is 7.30. The van der Waals surface area contributed by atoms with Crippen molar-refractivity contribution in [1.82, 2.24) is 9.88 Å². The largest absolute Gasteiger partial charge is 0.493 e. The van der Waals surface area contributed by atoms with E-state index in [1.807, 2.05) is 41.3 Å². The van der Waals surface area contributed by atoms with Crippen molar-refractivity contribution in [2.45, 2.75) is 38.4 Å². The molecular formula is C22H26N2O3. The van der Waals surface area contributed by atoms with E-state index in [0.29, 0.717) is 13.2 Å². The van der Waals surface area contributed by atoms with Gasteiger partial charge in [0.2, 0.25) is 5.91 Å². The number of carbonyl (C=O) groups excluding carboxylic acids is 1. The first-order valence-electron chi connectivity index (χ1n) is 9.80. The number of ether oxygens (including phenoxy) is 2. The summed E-state index contributed by atoms with van der Waals surface area (Å²) < 4.78 is 11.8. The van der Waals surface area contributed by atoms with Gasteiger partial charge in [0.05, 0.1) is 25.0 Å². The molecule has 1 amide bonds. The Morgan fingerprint density at radius 2 is 1.93 bits per heavy atom. The van der Waals surface area contributed by atoms with Gasteiger partial charge in [-0.25, -0.2) is 0 Å². The number of rotatable bonds is 4. The summed E-state index contributed by atoms with van der Waals surface area (Å²) in [5, 5.41) is 0. The highest BCUT2D eigenvalue weighted by atomic mass is 16.5. The molecule has 0 spiro atoms. The van der Waals surface area contributed by atoms with E-state index in [1.165, 1.54) is 0 Å². The van der Waals surface area contributed by atoms with E-state index in [0.717, 1.165) is 55.8 Å². The summed E-state index contributed by atoms with van der Waals surface area (Å²) in [6, 6.07) is 13.9. The molecule has 1 fully saturated rings. The van der Waals surface area contributed by atoms with Crippen molar-refractivity contribution in [2.75, 3.05) is 19.7 Å². The van der Waals surface area contributed by atoms with Gasteiger partial charge in [-0.1, -0.05) is 24.3 Å². The Labute approximate surface area is 160 Å². The van der Waals surface area contributed by atoms with Crippen molar-refractivity contribution in [3.05, 3.63) is 59.9 Å². The zero-order chi connectivity index (χ0) is 18.5. The first-order valence-corrected chi connectivity index (χ1v) is 9.80. The SMILES string of the molecule is O=C([C@@H]1CCOc2ccccc2C1)N1CCC(OCc2ccccn2)CC1. The number of pyridine rings is 1. The van der Waals surface area contributed by atoms with Gasteiger partial charge < -0.3 is 14.4 Å². The lowest BCUT2D eigenvalue weighted by Gasteiger charge is -2.34. The van der Waals surface area contributed by atoms with E-state index in [4.69, 9.17) is 9.47 Å². The van der Waals surface area contributed by atoms with E-state index in [2.05, 4.69) is 11.1 Å². The molecule has 142 valence electrons. The van der Waals surface area contributed by atoms with Gasteiger partial charge in [0, 0.05) is 25.2 Å². The lowest BCUT2D eigenvalue weighted by molar-refractivity contribution is -0.138. The normalized spacial score (nSPS) is 20.4. The Kier molecular flexibility index (Phi) is 5.68. The summed E-state index contributed by atoms with van der Waals surface area (Å²) in [5.74, 6) is 1.20. The number of nitrogens with zero attached hydrogens (tertiary/aromatic N) is 2. The number of benzene rings is 1. The van der Waals surface area contributed by atoms with E-state index in [1.54, 1.807) is 6.20 Å². The van der Waals surface area contributed by atoms with Gasteiger partial charge in [0.1, 0.15) is 5.75 Å². The molecule has 2 aliphatic heterocycles. The number of likely N-dealkylation sites (tertiary alicyclic amines) is 1. The lowest BCUT2D eigenvalue weighted by Crippen LogP contribution is -2.44. The second-order valence-corrected chi connectivity index (χ2v) is 7.30. The Morgan fingerprint density at radius 1 is 1.11 bits per heavy atom. The molecular weight excluding hydrogens is 340 g/mol. The molecule has 2 aliphatic rings. The summed E-state index contributed by atoms with van der Waals surface area (Å²) in [6.07, 6.45) is 5.31. The highest BCUT2D eigenvalue weighted by Crippen LogP contribution is 2.28. The third kappa shape index (κ3) is 4.48. The monoisotopic (exact) mass is 366 g/mol. The number of hydrogen-bond acceptors (Lipinski definition) is 4. The third-order valence-electron chi connectivity index (χ3n) is 5.46. The number of amides is 1. The standard InChI is InChI=1S/C22H26N2O3/c25-22(18-10-14-26-21-7-2-1-5-17(21)15-18)24-12-8-20(9-13-24)27-16-19-6-3-4-11-23-19/h1-7,11,18,20H,8-10,12-16H2/t18-/m1/s1. The van der Waals surface area contributed by atoms with Crippen LogP contribution in [0.5, 0.6) is 5.75 Å². The number of carbonyl (C=O) groups is 1. The predicted molar refractivity (Wildman–Crippen MR) is 102 cm³/mol. The van der Waals surface area contributed by atoms with Gasteiger partial charge in [0.15, 0.2) is 0 Å². The number of aromatic nitrogens is 1. The first kappa shape index (κ1) is 18.0. The quantitative estimate of drug-likeness (QED) is 0.834. The maximum atomic E-state index is 13.0. The number of fused-ring (bicyclic) bond motifs is 1. The van der Waals surface area contributed by atoms with Crippen LogP contribution in [0.15, 0.2) is 48.7 Å². The molecule has 1 aromatic heterocycles. The fourth-order valence-corrected chi connectivity index (χ4v) is 3.89. The van der Waals surface area contributed by atoms with Gasteiger partial charge in [-0.05, 0) is 49.4 Å². The molecule has 0 N–H and O–H groups in total. The van der Waals surface area contributed by atoms with Crippen molar-refractivity contribution in [1.29, 1.82) is 0 Å². The molecule has 1 saturated heterocycles. The van der Waals surface area contributed by atoms with Crippen LogP contribution in [0.1, 0.15) is 30.5 Å². The summed E-state index contributed by atoms with van der Waals surface area (Å²) in [7, 11) is 0. The van der Waals surface area contributed by atoms with E-state index in [9.17, 15) is 4.79 Å². The molecule has 1 aromatic carbocycles. The molecule has 0 saturated carbocycles. The fraction of sp³-hybridized carbons (Fsp3) is 0.455. The van der Waals surface area contributed by atoms with E-state index >= 15 is 0 Å². The van der Waals surface area contributed by atoms with Gasteiger partial charge in [-0.15, -0.1) is 0 Å². The van der Waals surface area contributed by atoms with Gasteiger partial charge in [0.25, 0.3) is 0 Å². The van der Waals surface area contributed by atoms with Crippen molar-refractivity contribution in [3.63, 3.8) is 0 Å². The van der Waals surface area contributed by atoms with Gasteiger partial charge in [-0.2, -0.15) is 0 Å². The maximum absolute atomic E-state index is 13.0. The highest BCUT2D eigenvalue weighted by Gasteiger charge is 2.30. The average Bonchev–Trinajstić information content (AvgIpc) is 2.95. The Balaban J connectivity index is 1.28. The van der Waals surface area contributed by atoms with Crippen LogP contribution >= 0.6 is 0 Å². The van der Waals surface area contributed by atoms with Gasteiger partial charge in [-0.3, -0.25) is 9.78 Å². The second kappa shape index (κ2) is 8.53. The molecule has 0 unspecified atom stereocenters. The van der Waals surface area contributed by atoms with Crippen molar-refractivity contribution in [3.8, 4) is 5.75 Å². The zero-order valence-electron chi connectivity index (χ0n) is 15.5. The molecule has 5 nitrogen and oxygen atoms in total. The molecule has 0 bridgehead atoms. The summed E-state index contributed by atoms with van der Waals surface area (Å²) in [5.41, 5.74) is 2.09. The average molecular weight is 366 g/mol. The molecule has 27 heavy (non-hydrogen) atoms. The smallest absolute Gasteiger partial charge is 0.226 e. The Hall–Kier alpha value is -2.40. The molecule has 5 heteroatoms. The van der Waals surface area contributed by atoms with Crippen molar-refractivity contribution in [2.24, 2.45) is 5.92 Å². The Bertz CT molecular complexity index is 757. The van der Waals surface area contributed by atoms with Crippen LogP contribution in [0.2, 0.25) is 0 Å². The molecule has 2 aromatic rings. The highest BCUT2D eigenvalue weighted by molar-refractivity contribution is 5.79. The van der Waals surface area contributed by atoms with Crippen LogP contribution in [0.25, 0.3) is 0 Å². The molecule has 0 aliphatic carbocycles. The van der Waals surface area contributed by atoms with Gasteiger partial charge >= 0.3 is 0 Å². The molecule has 4 rings (SSSR count). The Morgan fingerprint density at radius 3 is 2.74 bits per heavy atom. The van der Waals surface area contributed by atoms with Crippen molar-refractivity contribution >= 4 is 5.91 Å². The van der Waals surface area contributed by atoms with Crippen LogP contribution in [0.4, 0.5) is 0 Å². The van der Waals surface area contributed by atoms with E-state index < -0.39 is 0 Å². The summed E-state index contributed by atoms with van der Waals surface area (Å²) in [6.45, 7) is 2.68. The minimum atomic E-state index is 0.0136. The number of para-hydroxylation sites is 1. The lowest BCUT2D eigenvalue weighted by atomic mass is 9.94. The summed E-state index contributed by atoms with van der Waals surface area (Å²) in [4.78, 5) is 19.3. The number of piperidine rings is 1. The third-order valence-corrected chi connectivity index (χ3v) is 5.46. The van der Waals surface area contributed by atoms with Crippen LogP contribution in [0, 0.1) is 5.92 Å². The van der Waals surface area contributed by atoms with Crippen LogP contribution in [0.3, 0.4) is 0 Å². The molecule has 3 heterocycles. The molecule has 1 atom stereocenters. The van der Waals surface area contributed by atoms with E-state index in [-0.39, 0.29) is 17.9 Å². The maximum Gasteiger partial charge on any atom is 0.226 e. The minimum Gasteiger partial charge on any atom is -0.493 e. The van der Waals surface area contributed by atoms with Crippen LogP contribution in [-0.4, -0.2) is 41.6 Å². The minimum absolute atomic E-state index is 0.0136. The molecule has 0 radical (unpaired) electrons. The summed E-state index contributed by atoms with van der Waals surface area (Å²) >= 11 is 0. The van der Waals surface area contributed by atoms with Crippen LogP contribution in [-0.2, 0) is 22.6 Å². The van der Waals surface area contributed by atoms with Crippen molar-refractivity contribution < 1.29 is 14.3 Å². The topological polar surface area (TPSA) is 51.7 Å².